The summed E-state index contributed by atoms with van der Waals surface area (Å²) in [6.07, 6.45) is 11.3. The van der Waals surface area contributed by atoms with E-state index < -0.39 is 5.97 Å². The lowest BCUT2D eigenvalue weighted by Gasteiger charge is -2.35. The Kier molecular flexibility index (Phi) is 10.9. The number of amides is 1. The highest BCUT2D eigenvalue weighted by atomic mass is 16.6. The van der Waals surface area contributed by atoms with Crippen LogP contribution < -0.4 is 10.1 Å². The number of ether oxygens (including phenoxy) is 1. The maximum Gasteiger partial charge on any atom is 0.323 e. The van der Waals surface area contributed by atoms with Crippen molar-refractivity contribution in [2.45, 2.75) is 95.7 Å². The van der Waals surface area contributed by atoms with Gasteiger partial charge in [0.05, 0.1) is 4.92 Å². The van der Waals surface area contributed by atoms with Crippen molar-refractivity contribution in [3.05, 3.63) is 64.2 Å². The number of carboxylic acids is 1. The Labute approximate surface area is 236 Å². The maximum atomic E-state index is 13.3. The van der Waals surface area contributed by atoms with E-state index in [4.69, 9.17) is 4.74 Å². The molecule has 0 spiro atoms. The van der Waals surface area contributed by atoms with Gasteiger partial charge in [-0.25, -0.2) is 0 Å². The minimum atomic E-state index is -0.981. The largest absolute Gasteiger partial charge is 0.480 e. The third-order valence-corrected chi connectivity index (χ3v) is 8.31. The van der Waals surface area contributed by atoms with Gasteiger partial charge in [0, 0.05) is 36.7 Å². The van der Waals surface area contributed by atoms with E-state index in [0.29, 0.717) is 29.4 Å². The lowest BCUT2D eigenvalue weighted by Crippen LogP contribution is -2.45. The number of nitro benzene ring substituents is 1. The second kappa shape index (κ2) is 14.8. The van der Waals surface area contributed by atoms with Crippen molar-refractivity contribution in [1.82, 2.24) is 10.2 Å². The van der Waals surface area contributed by atoms with Crippen molar-refractivity contribution in [1.29, 1.82) is 0 Å². The Morgan fingerprint density at radius 2 is 1.65 bits per heavy atom. The van der Waals surface area contributed by atoms with Crippen LogP contribution in [-0.4, -0.2) is 45.4 Å². The van der Waals surface area contributed by atoms with Crippen molar-refractivity contribution in [3.8, 4) is 11.5 Å². The van der Waals surface area contributed by atoms with Gasteiger partial charge in [0.2, 0.25) is 5.91 Å². The quantitative estimate of drug-likeness (QED) is 0.217. The molecule has 2 saturated carbocycles. The molecular weight excluding hydrogens is 510 g/mol. The van der Waals surface area contributed by atoms with Gasteiger partial charge in [0.1, 0.15) is 18.0 Å². The molecule has 0 saturated heterocycles. The summed E-state index contributed by atoms with van der Waals surface area (Å²) in [7, 11) is 0. The van der Waals surface area contributed by atoms with Gasteiger partial charge in [-0.3, -0.25) is 19.7 Å². The van der Waals surface area contributed by atoms with Gasteiger partial charge in [0.15, 0.2) is 0 Å². The molecular formula is C31H41N3O6. The topological polar surface area (TPSA) is 122 Å². The van der Waals surface area contributed by atoms with E-state index in [2.05, 4.69) is 5.32 Å². The van der Waals surface area contributed by atoms with Crippen LogP contribution in [0.5, 0.6) is 11.5 Å². The number of nitrogens with one attached hydrogen (secondary N) is 1. The number of aliphatic carboxylic acids is 1. The van der Waals surface area contributed by atoms with E-state index >= 15 is 0 Å². The molecule has 2 aromatic carbocycles. The summed E-state index contributed by atoms with van der Waals surface area (Å²) in [6.45, 7) is 0.0184. The van der Waals surface area contributed by atoms with E-state index in [0.717, 1.165) is 57.8 Å². The van der Waals surface area contributed by atoms with Crippen molar-refractivity contribution < 1.29 is 24.4 Å². The predicted molar refractivity (Wildman–Crippen MR) is 152 cm³/mol. The molecule has 216 valence electrons. The van der Waals surface area contributed by atoms with Crippen LogP contribution in [-0.2, 0) is 16.1 Å². The molecule has 0 aromatic heterocycles. The van der Waals surface area contributed by atoms with Crippen molar-refractivity contribution in [3.63, 3.8) is 0 Å². The van der Waals surface area contributed by atoms with Gasteiger partial charge < -0.3 is 20.1 Å². The highest BCUT2D eigenvalue weighted by Crippen LogP contribution is 2.31. The summed E-state index contributed by atoms with van der Waals surface area (Å²) in [4.78, 5) is 37.9. The average Bonchev–Trinajstić information content (AvgIpc) is 2.97. The van der Waals surface area contributed by atoms with Gasteiger partial charge in [-0.05, 0) is 62.3 Å². The average molecular weight is 552 g/mol. The third kappa shape index (κ3) is 8.52. The maximum absolute atomic E-state index is 13.3. The molecule has 2 fully saturated rings. The number of benzene rings is 2. The summed E-state index contributed by atoms with van der Waals surface area (Å²) in [5, 5.41) is 24.8. The Morgan fingerprint density at radius 3 is 2.30 bits per heavy atom. The molecule has 1 atom stereocenters. The molecule has 9 heteroatoms. The van der Waals surface area contributed by atoms with Crippen LogP contribution in [0.3, 0.4) is 0 Å². The zero-order valence-electron chi connectivity index (χ0n) is 23.1. The molecule has 2 N–H and O–H groups in total. The van der Waals surface area contributed by atoms with Gasteiger partial charge in [-0.1, -0.05) is 56.7 Å². The second-order valence-electron chi connectivity index (χ2n) is 11.1. The van der Waals surface area contributed by atoms with Gasteiger partial charge >= 0.3 is 5.97 Å². The second-order valence-corrected chi connectivity index (χ2v) is 11.1. The van der Waals surface area contributed by atoms with E-state index in [1.54, 1.807) is 17.0 Å². The summed E-state index contributed by atoms with van der Waals surface area (Å²) in [5.41, 5.74) is 0.552. The lowest BCUT2D eigenvalue weighted by molar-refractivity contribution is -0.385. The molecule has 0 radical (unpaired) electrons. The first-order valence-corrected chi connectivity index (χ1v) is 14.7. The first kappa shape index (κ1) is 29.5. The normalized spacial score (nSPS) is 17.2. The van der Waals surface area contributed by atoms with Crippen LogP contribution in [0.2, 0.25) is 0 Å². The number of carbonyl (C=O) groups excluding carboxylic acids is 1. The molecule has 2 aliphatic rings. The fourth-order valence-corrected chi connectivity index (χ4v) is 6.23. The molecule has 9 nitrogen and oxygen atoms in total. The Balaban J connectivity index is 1.46. The van der Waals surface area contributed by atoms with Crippen LogP contribution in [0, 0.1) is 16.0 Å². The molecule has 1 amide bonds. The number of para-hydroxylation sites is 1. The number of nitro groups is 1. The van der Waals surface area contributed by atoms with Crippen molar-refractivity contribution >= 4 is 17.6 Å². The van der Waals surface area contributed by atoms with E-state index in [1.165, 1.54) is 12.5 Å². The van der Waals surface area contributed by atoms with Crippen molar-refractivity contribution in [2.75, 3.05) is 6.54 Å². The van der Waals surface area contributed by atoms with Crippen LogP contribution >= 0.6 is 0 Å². The van der Waals surface area contributed by atoms with Crippen molar-refractivity contribution in [2.24, 2.45) is 5.92 Å². The van der Waals surface area contributed by atoms with Crippen LogP contribution in [0.1, 0.15) is 82.6 Å². The lowest BCUT2D eigenvalue weighted by atomic mass is 9.82. The highest BCUT2D eigenvalue weighted by Gasteiger charge is 2.30. The Morgan fingerprint density at radius 1 is 0.975 bits per heavy atom. The first-order valence-electron chi connectivity index (χ1n) is 14.7. The summed E-state index contributed by atoms with van der Waals surface area (Å²) in [6, 6.07) is 14.1. The van der Waals surface area contributed by atoms with Crippen LogP contribution in [0.15, 0.2) is 48.5 Å². The smallest absolute Gasteiger partial charge is 0.323 e. The fourth-order valence-electron chi connectivity index (χ4n) is 6.23. The Bertz CT molecular complexity index is 1130. The number of nitrogens with zero attached hydrogens (tertiary/aromatic N) is 2. The van der Waals surface area contributed by atoms with E-state index in [-0.39, 0.29) is 48.1 Å². The summed E-state index contributed by atoms with van der Waals surface area (Å²) >= 11 is 0. The molecule has 1 unspecified atom stereocenters. The predicted octanol–water partition coefficient (Wildman–Crippen LogP) is 6.45. The molecule has 2 aromatic rings. The number of hydrogen-bond donors (Lipinski definition) is 2. The summed E-state index contributed by atoms with van der Waals surface area (Å²) in [5.74, 6) is 0.450. The first-order chi connectivity index (χ1) is 19.4. The monoisotopic (exact) mass is 551 g/mol. The molecule has 4 rings (SSSR count). The zero-order valence-corrected chi connectivity index (χ0v) is 23.1. The molecule has 40 heavy (non-hydrogen) atoms. The zero-order chi connectivity index (χ0) is 28.3. The highest BCUT2D eigenvalue weighted by molar-refractivity contribution is 5.81. The minimum Gasteiger partial charge on any atom is -0.480 e. The standard InChI is InChI=1S/C31H41N3O6/c35-30(33(22-31(36)37)25-12-6-2-7-13-25)19-17-28(23-10-4-1-5-11-23)32-21-24-20-27(16-18-29(24)34(38)39)40-26-14-8-3-9-15-26/h3,8-9,14-16,18,20,23,25,28,32H,1-2,4-7,10-13,17,19,21-22H2,(H,36,37). The van der Waals surface area contributed by atoms with E-state index in [9.17, 15) is 24.8 Å². The minimum absolute atomic E-state index is 0.000542. The van der Waals surface area contributed by atoms with E-state index in [1.807, 2.05) is 30.3 Å². The number of carboxylic acid groups (broad SMARTS) is 1. The van der Waals surface area contributed by atoms with Gasteiger partial charge in [-0.2, -0.15) is 0 Å². The molecule has 0 heterocycles. The fraction of sp³-hybridized carbons (Fsp3) is 0.548. The number of rotatable bonds is 13. The Hall–Kier alpha value is -3.46. The number of carbonyl (C=O) groups is 2. The van der Waals surface area contributed by atoms with Gasteiger partial charge in [0.25, 0.3) is 5.69 Å². The van der Waals surface area contributed by atoms with Crippen LogP contribution in [0.4, 0.5) is 5.69 Å². The number of hydrogen-bond acceptors (Lipinski definition) is 6. The van der Waals surface area contributed by atoms with Gasteiger partial charge in [-0.15, -0.1) is 0 Å². The molecule has 0 bridgehead atoms. The van der Waals surface area contributed by atoms with Crippen LogP contribution in [0.25, 0.3) is 0 Å². The molecule has 2 aliphatic carbocycles. The molecule has 0 aliphatic heterocycles. The SMILES string of the molecule is O=C(O)CN(C(=O)CCC(NCc1cc(Oc2ccccc2)ccc1[N+](=O)[O-])C1CCCCC1)C1CCCCC1. The third-order valence-electron chi connectivity index (χ3n) is 8.31. The summed E-state index contributed by atoms with van der Waals surface area (Å²) < 4.78 is 5.92.